The number of nitrogens with zero attached hydrogens (tertiary/aromatic N) is 2. The molecule has 15 heavy (non-hydrogen) atoms. The fraction of sp³-hybridized carbons (Fsp3) is 0.182. The van der Waals surface area contributed by atoms with Crippen molar-refractivity contribution >= 4 is 16.7 Å². The second-order valence-electron chi connectivity index (χ2n) is 3.17. The summed E-state index contributed by atoms with van der Waals surface area (Å²) in [6, 6.07) is 5.47. The monoisotopic (exact) mass is 202 g/mol. The van der Waals surface area contributed by atoms with Gasteiger partial charge in [0.15, 0.2) is 11.6 Å². The lowest BCUT2D eigenvalue weighted by Gasteiger charge is -2.02. The number of carbonyl (C=O) groups is 1. The van der Waals surface area contributed by atoms with Crippen LogP contribution in [0.3, 0.4) is 0 Å². The molecule has 2 aromatic rings. The van der Waals surface area contributed by atoms with Crippen molar-refractivity contribution in [2.45, 2.75) is 6.92 Å². The van der Waals surface area contributed by atoms with Gasteiger partial charge in [-0.15, -0.1) is 0 Å². The minimum Gasteiger partial charge on any atom is -0.497 e. The largest absolute Gasteiger partial charge is 0.497 e. The molecule has 1 aromatic carbocycles. The van der Waals surface area contributed by atoms with Gasteiger partial charge < -0.3 is 4.74 Å². The van der Waals surface area contributed by atoms with E-state index in [1.54, 1.807) is 19.4 Å². The lowest BCUT2D eigenvalue weighted by atomic mass is 10.2. The summed E-state index contributed by atoms with van der Waals surface area (Å²) in [6.07, 6.45) is 1.64. The van der Waals surface area contributed by atoms with E-state index in [0.717, 1.165) is 16.7 Å². The Bertz CT molecular complexity index is 523. The van der Waals surface area contributed by atoms with E-state index in [0.29, 0.717) is 0 Å². The van der Waals surface area contributed by atoms with E-state index in [-0.39, 0.29) is 11.6 Å². The maximum absolute atomic E-state index is 11.1. The van der Waals surface area contributed by atoms with Crippen molar-refractivity contribution in [2.24, 2.45) is 0 Å². The van der Waals surface area contributed by atoms with Crippen LogP contribution in [0.25, 0.3) is 10.9 Å². The van der Waals surface area contributed by atoms with E-state index in [9.17, 15) is 4.79 Å². The Balaban J connectivity index is 2.62. The quantitative estimate of drug-likeness (QED) is 0.697. The molecule has 2 rings (SSSR count). The summed E-state index contributed by atoms with van der Waals surface area (Å²) in [5.41, 5.74) is 0.717. The normalized spacial score (nSPS) is 10.3. The summed E-state index contributed by atoms with van der Waals surface area (Å²) in [7, 11) is 1.59. The van der Waals surface area contributed by atoms with Crippen molar-refractivity contribution in [1.82, 2.24) is 9.97 Å². The predicted molar refractivity (Wildman–Crippen MR) is 56.1 cm³/mol. The fourth-order valence-electron chi connectivity index (χ4n) is 1.30. The van der Waals surface area contributed by atoms with Crippen molar-refractivity contribution in [1.29, 1.82) is 0 Å². The molecule has 0 aliphatic rings. The minimum absolute atomic E-state index is 0.139. The van der Waals surface area contributed by atoms with Crippen LogP contribution in [0.15, 0.2) is 24.4 Å². The van der Waals surface area contributed by atoms with E-state index in [4.69, 9.17) is 4.74 Å². The van der Waals surface area contributed by atoms with Gasteiger partial charge >= 0.3 is 0 Å². The number of methoxy groups -OCH3 is 1. The van der Waals surface area contributed by atoms with Crippen LogP contribution in [0.4, 0.5) is 0 Å². The second-order valence-corrected chi connectivity index (χ2v) is 3.17. The van der Waals surface area contributed by atoms with Gasteiger partial charge in [-0.2, -0.15) is 0 Å². The third-order valence-electron chi connectivity index (χ3n) is 2.10. The standard InChI is InChI=1S/C11H10N2O2/c1-7(14)11-12-6-8-3-4-9(15-2)5-10(8)13-11/h3-6H,1-2H3. The second kappa shape index (κ2) is 3.65. The number of ketones is 1. The number of carbonyl (C=O) groups excluding carboxylic acids is 1. The van der Waals surface area contributed by atoms with Crippen LogP contribution >= 0.6 is 0 Å². The van der Waals surface area contributed by atoms with Crippen molar-refractivity contribution in [3.8, 4) is 5.75 Å². The van der Waals surface area contributed by atoms with Gasteiger partial charge in [0, 0.05) is 24.6 Å². The van der Waals surface area contributed by atoms with Crippen LogP contribution in [-0.4, -0.2) is 22.9 Å². The molecule has 0 unspecified atom stereocenters. The van der Waals surface area contributed by atoms with E-state index in [2.05, 4.69) is 9.97 Å². The molecule has 1 aromatic heterocycles. The van der Waals surface area contributed by atoms with Crippen LogP contribution in [0.5, 0.6) is 5.75 Å². The summed E-state index contributed by atoms with van der Waals surface area (Å²) in [5.74, 6) is 0.811. The average molecular weight is 202 g/mol. The zero-order valence-electron chi connectivity index (χ0n) is 8.52. The smallest absolute Gasteiger partial charge is 0.196 e. The Hall–Kier alpha value is -1.97. The van der Waals surface area contributed by atoms with Gasteiger partial charge in [0.1, 0.15) is 5.75 Å². The molecule has 0 N–H and O–H groups in total. The number of hydrogen-bond acceptors (Lipinski definition) is 4. The number of benzene rings is 1. The third kappa shape index (κ3) is 1.79. The van der Waals surface area contributed by atoms with Gasteiger partial charge in [-0.05, 0) is 12.1 Å². The van der Waals surface area contributed by atoms with Crippen molar-refractivity contribution < 1.29 is 9.53 Å². The fourth-order valence-corrected chi connectivity index (χ4v) is 1.30. The molecule has 0 amide bonds. The highest BCUT2D eigenvalue weighted by Gasteiger charge is 2.04. The van der Waals surface area contributed by atoms with Crippen molar-refractivity contribution in [2.75, 3.05) is 7.11 Å². The Kier molecular flexibility index (Phi) is 2.33. The first-order chi connectivity index (χ1) is 7.20. The first-order valence-corrected chi connectivity index (χ1v) is 4.52. The van der Waals surface area contributed by atoms with Gasteiger partial charge in [0.05, 0.1) is 12.6 Å². The Morgan fingerprint density at radius 3 is 2.87 bits per heavy atom. The van der Waals surface area contributed by atoms with Gasteiger partial charge in [-0.25, -0.2) is 9.97 Å². The van der Waals surface area contributed by atoms with Crippen LogP contribution < -0.4 is 4.74 Å². The van der Waals surface area contributed by atoms with Crippen LogP contribution in [0.2, 0.25) is 0 Å². The van der Waals surface area contributed by atoms with E-state index < -0.39 is 0 Å². The summed E-state index contributed by atoms with van der Waals surface area (Å²) >= 11 is 0. The number of hydrogen-bond donors (Lipinski definition) is 0. The lowest BCUT2D eigenvalue weighted by Crippen LogP contribution is -2.00. The van der Waals surface area contributed by atoms with E-state index in [1.165, 1.54) is 6.92 Å². The van der Waals surface area contributed by atoms with Gasteiger partial charge in [0.2, 0.25) is 0 Å². The van der Waals surface area contributed by atoms with Gasteiger partial charge in [-0.3, -0.25) is 4.79 Å². The molecule has 0 aliphatic carbocycles. The summed E-state index contributed by atoms with van der Waals surface area (Å²) in [6.45, 7) is 1.45. The third-order valence-corrected chi connectivity index (χ3v) is 2.10. The predicted octanol–water partition coefficient (Wildman–Crippen LogP) is 1.84. The zero-order valence-corrected chi connectivity index (χ0v) is 8.52. The number of rotatable bonds is 2. The molecular weight excluding hydrogens is 192 g/mol. The number of aromatic nitrogens is 2. The molecule has 0 saturated carbocycles. The van der Waals surface area contributed by atoms with E-state index >= 15 is 0 Å². The molecule has 76 valence electrons. The van der Waals surface area contributed by atoms with Gasteiger partial charge in [-0.1, -0.05) is 0 Å². The molecule has 0 bridgehead atoms. The van der Waals surface area contributed by atoms with Crippen LogP contribution in [0.1, 0.15) is 17.5 Å². The Labute approximate surface area is 86.9 Å². The Morgan fingerprint density at radius 1 is 1.40 bits per heavy atom. The number of fused-ring (bicyclic) bond motifs is 1. The minimum atomic E-state index is -0.139. The zero-order chi connectivity index (χ0) is 10.8. The average Bonchev–Trinajstić information content (AvgIpc) is 2.27. The maximum atomic E-state index is 11.1. The molecule has 0 atom stereocenters. The SMILES string of the molecule is COc1ccc2cnc(C(C)=O)nc2c1. The highest BCUT2D eigenvalue weighted by atomic mass is 16.5. The topological polar surface area (TPSA) is 52.1 Å². The first kappa shape index (κ1) is 9.58. The first-order valence-electron chi connectivity index (χ1n) is 4.52. The number of ether oxygens (including phenoxy) is 1. The van der Waals surface area contributed by atoms with Crippen LogP contribution in [-0.2, 0) is 0 Å². The van der Waals surface area contributed by atoms with Crippen molar-refractivity contribution in [3.63, 3.8) is 0 Å². The molecule has 0 fully saturated rings. The summed E-state index contributed by atoms with van der Waals surface area (Å²) in [4.78, 5) is 19.2. The summed E-state index contributed by atoms with van der Waals surface area (Å²) in [5, 5.41) is 0.890. The molecule has 4 heteroatoms. The highest BCUT2D eigenvalue weighted by Crippen LogP contribution is 2.18. The molecule has 0 saturated heterocycles. The maximum Gasteiger partial charge on any atom is 0.196 e. The lowest BCUT2D eigenvalue weighted by molar-refractivity contribution is 0.100. The molecule has 1 heterocycles. The van der Waals surface area contributed by atoms with Gasteiger partial charge in [0.25, 0.3) is 0 Å². The molecule has 0 radical (unpaired) electrons. The molecule has 0 spiro atoms. The highest BCUT2D eigenvalue weighted by molar-refractivity contribution is 5.92. The Morgan fingerprint density at radius 2 is 2.20 bits per heavy atom. The van der Waals surface area contributed by atoms with Crippen LogP contribution in [0, 0.1) is 0 Å². The molecule has 0 aliphatic heterocycles. The number of Topliss-reactive ketones (excluding diaryl/α,β-unsaturated/α-hetero) is 1. The van der Waals surface area contributed by atoms with Crippen molar-refractivity contribution in [3.05, 3.63) is 30.2 Å². The molecule has 4 nitrogen and oxygen atoms in total. The van der Waals surface area contributed by atoms with E-state index in [1.807, 2.05) is 12.1 Å². The summed E-state index contributed by atoms with van der Waals surface area (Å²) < 4.78 is 5.08. The molecular formula is C11H10N2O2.